The van der Waals surface area contributed by atoms with Gasteiger partial charge in [-0.15, -0.1) is 0 Å². The Bertz CT molecular complexity index is 1610. The molecule has 1 aliphatic rings. The summed E-state index contributed by atoms with van der Waals surface area (Å²) in [7, 11) is 4.78. The second kappa shape index (κ2) is 10.3. The Morgan fingerprint density at radius 2 is 1.68 bits per heavy atom. The van der Waals surface area contributed by atoms with Gasteiger partial charge < -0.3 is 19.9 Å². The van der Waals surface area contributed by atoms with Gasteiger partial charge in [0.25, 0.3) is 5.56 Å². The summed E-state index contributed by atoms with van der Waals surface area (Å²) in [4.78, 5) is 35.0. The Morgan fingerprint density at radius 1 is 1.00 bits per heavy atom. The quantitative estimate of drug-likeness (QED) is 0.391. The van der Waals surface area contributed by atoms with Crippen molar-refractivity contribution in [3.8, 4) is 5.75 Å². The van der Waals surface area contributed by atoms with E-state index in [9.17, 15) is 9.59 Å². The second-order valence-electron chi connectivity index (χ2n) is 9.47. The highest BCUT2D eigenvalue weighted by Crippen LogP contribution is 2.25. The van der Waals surface area contributed by atoms with Crippen molar-refractivity contribution in [3.63, 3.8) is 0 Å². The molecular formula is C27H31N7O3S. The number of thiocarbonyl (C=S) groups is 1. The van der Waals surface area contributed by atoms with E-state index in [1.807, 2.05) is 35.8 Å². The molecule has 1 fully saturated rings. The number of methoxy groups -OCH3 is 1. The third-order valence-corrected chi connectivity index (χ3v) is 7.35. The minimum absolute atomic E-state index is 0.352. The van der Waals surface area contributed by atoms with E-state index >= 15 is 0 Å². The smallest absolute Gasteiger partial charge is 0.332 e. The lowest BCUT2D eigenvalue weighted by atomic mass is 10.1. The molecule has 10 nitrogen and oxygen atoms in total. The maximum Gasteiger partial charge on any atom is 0.332 e. The summed E-state index contributed by atoms with van der Waals surface area (Å²) in [5.41, 5.74) is 3.09. The number of ether oxygens (including phenoxy) is 1. The molecule has 1 N–H and O–H groups in total. The van der Waals surface area contributed by atoms with Crippen LogP contribution in [0.15, 0.2) is 58.1 Å². The Labute approximate surface area is 225 Å². The van der Waals surface area contributed by atoms with Crippen molar-refractivity contribution in [2.75, 3.05) is 43.5 Å². The molecule has 4 aromatic rings. The van der Waals surface area contributed by atoms with Crippen LogP contribution in [0.3, 0.4) is 0 Å². The van der Waals surface area contributed by atoms with E-state index < -0.39 is 5.69 Å². The molecule has 11 heteroatoms. The van der Waals surface area contributed by atoms with Gasteiger partial charge in [-0.25, -0.2) is 4.79 Å². The number of aromatic nitrogens is 4. The number of nitrogens with zero attached hydrogens (tertiary/aromatic N) is 6. The fourth-order valence-corrected chi connectivity index (χ4v) is 5.05. The first-order valence-electron chi connectivity index (χ1n) is 12.4. The van der Waals surface area contributed by atoms with Crippen LogP contribution in [0.1, 0.15) is 11.1 Å². The molecule has 0 bridgehead atoms. The maximum atomic E-state index is 13.3. The number of fused-ring (bicyclic) bond motifs is 1. The van der Waals surface area contributed by atoms with Gasteiger partial charge >= 0.3 is 5.69 Å². The maximum absolute atomic E-state index is 13.3. The van der Waals surface area contributed by atoms with E-state index in [0.717, 1.165) is 27.1 Å². The number of nitrogens with one attached hydrogen (secondary N) is 1. The van der Waals surface area contributed by atoms with Gasteiger partial charge in [-0.3, -0.25) is 18.5 Å². The van der Waals surface area contributed by atoms with Crippen LogP contribution in [-0.4, -0.2) is 62.0 Å². The summed E-state index contributed by atoms with van der Waals surface area (Å²) in [5, 5.41) is 3.92. The van der Waals surface area contributed by atoms with Gasteiger partial charge in [0.15, 0.2) is 16.3 Å². The van der Waals surface area contributed by atoms with Crippen LogP contribution < -0.4 is 26.2 Å². The average molecular weight is 534 g/mol. The monoisotopic (exact) mass is 533 g/mol. The minimum atomic E-state index is -0.397. The predicted octanol–water partition coefficient (Wildman–Crippen LogP) is 2.32. The van der Waals surface area contributed by atoms with E-state index in [-0.39, 0.29) is 5.56 Å². The third-order valence-electron chi connectivity index (χ3n) is 6.99. The first kappa shape index (κ1) is 25.5. The fraction of sp³-hybridized carbons (Fsp3) is 0.333. The molecule has 5 rings (SSSR count). The van der Waals surface area contributed by atoms with Crippen LogP contribution in [0.2, 0.25) is 0 Å². The Kier molecular flexibility index (Phi) is 6.94. The van der Waals surface area contributed by atoms with Crippen LogP contribution in [-0.2, 0) is 20.6 Å². The number of benzene rings is 2. The molecule has 2 aromatic carbocycles. The highest BCUT2D eigenvalue weighted by molar-refractivity contribution is 7.80. The van der Waals surface area contributed by atoms with Crippen molar-refractivity contribution >= 4 is 40.1 Å². The van der Waals surface area contributed by atoms with Crippen molar-refractivity contribution in [1.82, 2.24) is 23.6 Å². The lowest BCUT2D eigenvalue weighted by Gasteiger charge is -2.37. The fourth-order valence-electron chi connectivity index (χ4n) is 4.75. The number of rotatable bonds is 5. The number of hydrogen-bond acceptors (Lipinski definition) is 6. The standard InChI is InChI=1S/C27H31N7O3S/c1-18-9-11-19(12-10-18)17-34-22-23(30(2)27(36)31(3)24(22)35)29-25(34)32-13-15-33(16-14-32)26(38)28-20-7-5-6-8-21(20)37-4/h5-12H,13-17H2,1-4H3,(H,28,38). The molecular weight excluding hydrogens is 502 g/mol. The zero-order valence-electron chi connectivity index (χ0n) is 22.0. The van der Waals surface area contributed by atoms with E-state index in [4.69, 9.17) is 21.9 Å². The van der Waals surface area contributed by atoms with Crippen molar-refractivity contribution in [1.29, 1.82) is 0 Å². The lowest BCUT2D eigenvalue weighted by molar-refractivity contribution is 0.386. The van der Waals surface area contributed by atoms with Gasteiger partial charge in [0.05, 0.1) is 19.3 Å². The number of hydrogen-bond donors (Lipinski definition) is 1. The Hall–Kier alpha value is -4.12. The molecule has 0 saturated carbocycles. The molecule has 0 unspecified atom stereocenters. The topological polar surface area (TPSA) is 89.6 Å². The van der Waals surface area contributed by atoms with Gasteiger partial charge in [-0.05, 0) is 36.8 Å². The molecule has 3 heterocycles. The summed E-state index contributed by atoms with van der Waals surface area (Å²) < 4.78 is 9.94. The van der Waals surface area contributed by atoms with E-state index in [2.05, 4.69) is 39.4 Å². The van der Waals surface area contributed by atoms with Gasteiger partial charge in [0, 0.05) is 40.3 Å². The van der Waals surface area contributed by atoms with Crippen molar-refractivity contribution in [2.45, 2.75) is 13.5 Å². The minimum Gasteiger partial charge on any atom is -0.495 e. The number of piperazine rings is 1. The highest BCUT2D eigenvalue weighted by atomic mass is 32.1. The van der Waals surface area contributed by atoms with Crippen molar-refractivity contribution in [2.24, 2.45) is 14.1 Å². The zero-order valence-corrected chi connectivity index (χ0v) is 22.8. The zero-order chi connectivity index (χ0) is 27.0. The number of anilines is 2. The molecule has 0 radical (unpaired) electrons. The number of imidazole rings is 1. The highest BCUT2D eigenvalue weighted by Gasteiger charge is 2.26. The van der Waals surface area contributed by atoms with Crippen molar-refractivity contribution in [3.05, 3.63) is 80.5 Å². The normalized spacial score (nSPS) is 13.7. The second-order valence-corrected chi connectivity index (χ2v) is 9.85. The molecule has 38 heavy (non-hydrogen) atoms. The van der Waals surface area contributed by atoms with Crippen LogP contribution in [0, 0.1) is 6.92 Å². The third kappa shape index (κ3) is 4.65. The van der Waals surface area contributed by atoms with Crippen LogP contribution in [0.25, 0.3) is 11.2 Å². The molecule has 1 aliphatic heterocycles. The molecule has 198 valence electrons. The van der Waals surface area contributed by atoms with Crippen molar-refractivity contribution < 1.29 is 4.74 Å². The van der Waals surface area contributed by atoms with Gasteiger partial charge in [0.1, 0.15) is 5.75 Å². The molecule has 0 spiro atoms. The van der Waals surface area contributed by atoms with E-state index in [0.29, 0.717) is 54.9 Å². The summed E-state index contributed by atoms with van der Waals surface area (Å²) in [6, 6.07) is 15.9. The first-order valence-corrected chi connectivity index (χ1v) is 12.8. The van der Waals surface area contributed by atoms with E-state index in [1.54, 1.807) is 14.2 Å². The number of para-hydroxylation sites is 2. The van der Waals surface area contributed by atoms with Gasteiger partial charge in [-0.1, -0.05) is 42.0 Å². The SMILES string of the molecule is COc1ccccc1NC(=S)N1CCN(c2nc3c(c(=O)n(C)c(=O)n3C)n2Cc2ccc(C)cc2)CC1. The summed E-state index contributed by atoms with van der Waals surface area (Å²) >= 11 is 5.69. The first-order chi connectivity index (χ1) is 18.3. The Morgan fingerprint density at radius 3 is 2.37 bits per heavy atom. The predicted molar refractivity (Wildman–Crippen MR) is 153 cm³/mol. The number of aryl methyl sites for hydroxylation is 2. The molecule has 1 saturated heterocycles. The largest absolute Gasteiger partial charge is 0.495 e. The molecule has 0 aliphatic carbocycles. The van der Waals surface area contributed by atoms with Crippen LogP contribution >= 0.6 is 12.2 Å². The summed E-state index contributed by atoms with van der Waals surface area (Å²) in [5.74, 6) is 1.40. The Balaban J connectivity index is 1.44. The molecule has 0 amide bonds. The van der Waals surface area contributed by atoms with E-state index in [1.165, 1.54) is 11.6 Å². The lowest BCUT2D eigenvalue weighted by Crippen LogP contribution is -2.50. The molecule has 0 atom stereocenters. The van der Waals surface area contributed by atoms with Crippen LogP contribution in [0.4, 0.5) is 11.6 Å². The molecule has 2 aromatic heterocycles. The average Bonchev–Trinajstić information content (AvgIpc) is 3.31. The van der Waals surface area contributed by atoms with Crippen LogP contribution in [0.5, 0.6) is 5.75 Å². The van der Waals surface area contributed by atoms with Gasteiger partial charge in [0.2, 0.25) is 5.95 Å². The summed E-state index contributed by atoms with van der Waals surface area (Å²) in [6.45, 7) is 5.16. The van der Waals surface area contributed by atoms with Gasteiger partial charge in [-0.2, -0.15) is 4.98 Å². The summed E-state index contributed by atoms with van der Waals surface area (Å²) in [6.07, 6.45) is 0.